The van der Waals surface area contributed by atoms with Crippen LogP contribution in [0.4, 0.5) is 4.79 Å². The molecular formula is C28H29ClN2O2. The van der Waals surface area contributed by atoms with E-state index in [0.717, 1.165) is 17.7 Å². The van der Waals surface area contributed by atoms with Crippen LogP contribution < -0.4 is 0 Å². The number of halogens is 1. The molecular weight excluding hydrogens is 432 g/mol. The summed E-state index contributed by atoms with van der Waals surface area (Å²) in [6, 6.07) is 24.8. The molecule has 0 N–H and O–H groups in total. The smallest absolute Gasteiger partial charge is 0.410 e. The van der Waals surface area contributed by atoms with Gasteiger partial charge in [0.25, 0.3) is 0 Å². The Labute approximate surface area is 200 Å². The molecule has 5 rings (SSSR count). The van der Waals surface area contributed by atoms with Gasteiger partial charge in [-0.25, -0.2) is 4.79 Å². The maximum absolute atomic E-state index is 12.4. The van der Waals surface area contributed by atoms with Crippen molar-refractivity contribution >= 4 is 17.7 Å². The number of hydrogen-bond donors (Lipinski definition) is 0. The van der Waals surface area contributed by atoms with Crippen LogP contribution >= 0.6 is 11.6 Å². The van der Waals surface area contributed by atoms with Gasteiger partial charge in [0.2, 0.25) is 0 Å². The first kappa shape index (κ1) is 22.0. The molecule has 1 unspecified atom stereocenters. The number of carbonyl (C=O) groups excluding carboxylic acids is 1. The van der Waals surface area contributed by atoms with Crippen LogP contribution in [0.25, 0.3) is 11.1 Å². The first-order valence-electron chi connectivity index (χ1n) is 11.8. The zero-order valence-electron chi connectivity index (χ0n) is 18.8. The number of cyclic esters (lactones) is 1. The molecule has 0 bridgehead atoms. The van der Waals surface area contributed by atoms with E-state index in [4.69, 9.17) is 16.3 Å². The number of benzene rings is 3. The van der Waals surface area contributed by atoms with E-state index in [9.17, 15) is 4.79 Å². The van der Waals surface area contributed by atoms with Crippen LogP contribution in [0, 0.1) is 0 Å². The molecule has 2 aliphatic rings. The van der Waals surface area contributed by atoms with E-state index in [1.807, 2.05) is 24.3 Å². The number of amides is 1. The van der Waals surface area contributed by atoms with Crippen LogP contribution in [0.5, 0.6) is 0 Å². The molecule has 4 nitrogen and oxygen atoms in total. The van der Waals surface area contributed by atoms with Crippen LogP contribution in [0.3, 0.4) is 0 Å². The van der Waals surface area contributed by atoms with Gasteiger partial charge in [-0.15, -0.1) is 0 Å². The molecule has 0 aromatic heterocycles. The molecule has 2 aliphatic heterocycles. The van der Waals surface area contributed by atoms with Gasteiger partial charge in [-0.3, -0.25) is 9.80 Å². The third-order valence-corrected chi connectivity index (χ3v) is 6.88. The summed E-state index contributed by atoms with van der Waals surface area (Å²) in [5, 5.41) is 0.678. The number of likely N-dealkylation sites (tertiary alicyclic amines) is 1. The predicted octanol–water partition coefficient (Wildman–Crippen LogP) is 6.69. The SMILES string of the molecule is O=C1OC(c2ccc(Cl)cc2)CN1Cc1ccc(-c2ccccc2CN2CCCCC2)cc1. The summed E-state index contributed by atoms with van der Waals surface area (Å²) >= 11 is 5.98. The minimum Gasteiger partial charge on any atom is -0.439 e. The van der Waals surface area contributed by atoms with E-state index >= 15 is 0 Å². The second kappa shape index (κ2) is 9.98. The van der Waals surface area contributed by atoms with Crippen molar-refractivity contribution in [1.29, 1.82) is 0 Å². The van der Waals surface area contributed by atoms with E-state index in [1.165, 1.54) is 49.0 Å². The standard InChI is InChI=1S/C28H29ClN2O2/c29-25-14-12-23(13-15-25)27-20-31(28(32)33-27)18-21-8-10-22(11-9-21)26-7-3-2-6-24(26)19-30-16-4-1-5-17-30/h2-3,6-15,27H,1,4-5,16-20H2. The van der Waals surface area contributed by atoms with Crippen LogP contribution in [-0.2, 0) is 17.8 Å². The molecule has 3 aromatic carbocycles. The minimum absolute atomic E-state index is 0.254. The summed E-state index contributed by atoms with van der Waals surface area (Å²) in [6.07, 6.45) is 3.43. The molecule has 0 spiro atoms. The Morgan fingerprint density at radius 2 is 1.58 bits per heavy atom. The molecule has 0 aliphatic carbocycles. The molecule has 3 aromatic rings. The lowest BCUT2D eigenvalue weighted by Gasteiger charge is -2.27. The molecule has 1 atom stereocenters. The molecule has 2 fully saturated rings. The van der Waals surface area contributed by atoms with Crippen LogP contribution in [-0.4, -0.2) is 35.5 Å². The first-order valence-corrected chi connectivity index (χ1v) is 12.1. The average Bonchev–Trinajstić information content (AvgIpc) is 3.21. The van der Waals surface area contributed by atoms with Crippen molar-refractivity contribution in [1.82, 2.24) is 9.80 Å². The fourth-order valence-corrected chi connectivity index (χ4v) is 4.92. The zero-order chi connectivity index (χ0) is 22.6. The van der Waals surface area contributed by atoms with Gasteiger partial charge in [-0.05, 0) is 65.9 Å². The van der Waals surface area contributed by atoms with Crippen molar-refractivity contribution in [2.45, 2.75) is 38.5 Å². The lowest BCUT2D eigenvalue weighted by Crippen LogP contribution is -2.29. The van der Waals surface area contributed by atoms with Crippen LogP contribution in [0.2, 0.25) is 5.02 Å². The first-order chi connectivity index (χ1) is 16.2. The topological polar surface area (TPSA) is 32.8 Å². The minimum atomic E-state index is -0.272. The Morgan fingerprint density at radius 1 is 0.848 bits per heavy atom. The second-order valence-corrected chi connectivity index (χ2v) is 9.43. The van der Waals surface area contributed by atoms with Gasteiger partial charge in [-0.1, -0.05) is 78.7 Å². The van der Waals surface area contributed by atoms with Crippen LogP contribution in [0.15, 0.2) is 72.8 Å². The van der Waals surface area contributed by atoms with E-state index < -0.39 is 0 Å². The zero-order valence-corrected chi connectivity index (χ0v) is 19.5. The van der Waals surface area contributed by atoms with Crippen molar-refractivity contribution < 1.29 is 9.53 Å². The lowest BCUT2D eigenvalue weighted by molar-refractivity contribution is 0.132. The van der Waals surface area contributed by atoms with Crippen molar-refractivity contribution in [3.8, 4) is 11.1 Å². The maximum atomic E-state index is 12.4. The van der Waals surface area contributed by atoms with Crippen LogP contribution in [0.1, 0.15) is 42.1 Å². The molecule has 5 heteroatoms. The summed E-state index contributed by atoms with van der Waals surface area (Å²) in [6.45, 7) is 4.47. The van der Waals surface area contributed by atoms with Gasteiger partial charge in [0.1, 0.15) is 6.10 Å². The van der Waals surface area contributed by atoms with Gasteiger partial charge in [-0.2, -0.15) is 0 Å². The summed E-state index contributed by atoms with van der Waals surface area (Å²) in [4.78, 5) is 16.7. The normalized spacial score (nSPS) is 19.0. The molecule has 1 amide bonds. The summed E-state index contributed by atoms with van der Waals surface area (Å²) in [5.41, 5.74) is 5.95. The van der Waals surface area contributed by atoms with Crippen molar-refractivity contribution in [3.05, 3.63) is 94.5 Å². The Balaban J connectivity index is 1.26. The quantitative estimate of drug-likeness (QED) is 0.411. The average molecular weight is 461 g/mol. The number of nitrogens with zero attached hydrogens (tertiary/aromatic N) is 2. The highest BCUT2D eigenvalue weighted by atomic mass is 35.5. The fraction of sp³-hybridized carbons (Fsp3) is 0.321. The van der Waals surface area contributed by atoms with E-state index in [0.29, 0.717) is 18.1 Å². The van der Waals surface area contributed by atoms with Crippen molar-refractivity contribution in [3.63, 3.8) is 0 Å². The van der Waals surface area contributed by atoms with Gasteiger partial charge < -0.3 is 4.74 Å². The second-order valence-electron chi connectivity index (χ2n) is 9.00. The number of ether oxygens (including phenoxy) is 1. The summed E-state index contributed by atoms with van der Waals surface area (Å²) < 4.78 is 5.59. The summed E-state index contributed by atoms with van der Waals surface area (Å²) in [5.74, 6) is 0. The number of hydrogen-bond acceptors (Lipinski definition) is 3. The van der Waals surface area contributed by atoms with Crippen molar-refractivity contribution in [2.24, 2.45) is 0 Å². The largest absolute Gasteiger partial charge is 0.439 e. The molecule has 0 saturated carbocycles. The number of piperidine rings is 1. The van der Waals surface area contributed by atoms with E-state index in [1.54, 1.807) is 4.90 Å². The third-order valence-electron chi connectivity index (χ3n) is 6.63. The molecule has 2 heterocycles. The molecule has 2 saturated heterocycles. The number of rotatable bonds is 6. The Hall–Kier alpha value is -2.82. The molecule has 170 valence electrons. The molecule has 0 radical (unpaired) electrons. The highest BCUT2D eigenvalue weighted by molar-refractivity contribution is 6.30. The fourth-order valence-electron chi connectivity index (χ4n) is 4.80. The van der Waals surface area contributed by atoms with E-state index in [-0.39, 0.29) is 12.2 Å². The Morgan fingerprint density at radius 3 is 2.33 bits per heavy atom. The van der Waals surface area contributed by atoms with E-state index in [2.05, 4.69) is 53.4 Å². The Bertz CT molecular complexity index is 1090. The third kappa shape index (κ3) is 5.23. The van der Waals surface area contributed by atoms with Crippen molar-refractivity contribution in [2.75, 3.05) is 19.6 Å². The van der Waals surface area contributed by atoms with Gasteiger partial charge in [0.05, 0.1) is 6.54 Å². The Kier molecular flexibility index (Phi) is 6.65. The lowest BCUT2D eigenvalue weighted by atomic mass is 9.97. The number of carbonyl (C=O) groups is 1. The highest BCUT2D eigenvalue weighted by Gasteiger charge is 2.32. The maximum Gasteiger partial charge on any atom is 0.410 e. The highest BCUT2D eigenvalue weighted by Crippen LogP contribution is 2.30. The predicted molar refractivity (Wildman–Crippen MR) is 132 cm³/mol. The summed E-state index contributed by atoms with van der Waals surface area (Å²) in [7, 11) is 0. The molecule has 33 heavy (non-hydrogen) atoms. The van der Waals surface area contributed by atoms with Gasteiger partial charge in [0, 0.05) is 18.1 Å². The van der Waals surface area contributed by atoms with Gasteiger partial charge in [0.15, 0.2) is 0 Å². The monoisotopic (exact) mass is 460 g/mol. The van der Waals surface area contributed by atoms with Gasteiger partial charge >= 0.3 is 6.09 Å².